The molecule has 2 atom stereocenters. The Bertz CT molecular complexity index is 349. The molecule has 1 aliphatic rings. The molecule has 1 heterocycles. The van der Waals surface area contributed by atoms with Crippen molar-refractivity contribution in [2.75, 3.05) is 59.9 Å². The molecule has 0 saturated carbocycles. The number of rotatable bonds is 9. The molecule has 0 aromatic heterocycles. The SMILES string of the molecule is CCCCCCCCCCN1CCN(C)CCC(C)NCCN(C)CCC1C. The first-order chi connectivity index (χ1) is 13.5. The van der Waals surface area contributed by atoms with Crippen LogP contribution in [-0.2, 0) is 0 Å². The predicted octanol–water partition coefficient (Wildman–Crippen LogP) is 4.45. The van der Waals surface area contributed by atoms with Gasteiger partial charge in [-0.3, -0.25) is 4.90 Å². The minimum absolute atomic E-state index is 0.617. The average molecular weight is 397 g/mol. The van der Waals surface area contributed by atoms with Crippen molar-refractivity contribution in [3.63, 3.8) is 0 Å². The molecule has 1 fully saturated rings. The van der Waals surface area contributed by atoms with E-state index in [1.165, 1.54) is 96.9 Å². The van der Waals surface area contributed by atoms with Crippen molar-refractivity contribution in [3.05, 3.63) is 0 Å². The highest BCUT2D eigenvalue weighted by Crippen LogP contribution is 2.12. The van der Waals surface area contributed by atoms with E-state index in [-0.39, 0.29) is 0 Å². The van der Waals surface area contributed by atoms with Crippen LogP contribution in [0.4, 0.5) is 0 Å². The molecule has 0 aromatic rings. The van der Waals surface area contributed by atoms with Crippen molar-refractivity contribution in [1.29, 1.82) is 0 Å². The smallest absolute Gasteiger partial charge is 0.0112 e. The first-order valence-electron chi connectivity index (χ1n) is 12.4. The lowest BCUT2D eigenvalue weighted by atomic mass is 10.1. The van der Waals surface area contributed by atoms with Crippen LogP contribution >= 0.6 is 0 Å². The number of unbranched alkanes of at least 4 members (excludes halogenated alkanes) is 7. The molecule has 28 heavy (non-hydrogen) atoms. The Morgan fingerprint density at radius 1 is 0.714 bits per heavy atom. The molecule has 0 aliphatic carbocycles. The third-order valence-corrected chi connectivity index (χ3v) is 6.55. The van der Waals surface area contributed by atoms with E-state index < -0.39 is 0 Å². The standard InChI is InChI=1S/C24H52N4/c1-6-7-8-9-10-11-12-13-17-28-22-21-27(5)18-14-23(2)25-16-20-26(4)19-15-24(28)3/h23-25H,6-22H2,1-5H3. The quantitative estimate of drug-likeness (QED) is 0.581. The van der Waals surface area contributed by atoms with E-state index >= 15 is 0 Å². The van der Waals surface area contributed by atoms with Gasteiger partial charge in [-0.2, -0.15) is 0 Å². The molecule has 1 aliphatic heterocycles. The first kappa shape index (κ1) is 25.9. The van der Waals surface area contributed by atoms with E-state index in [2.05, 4.69) is 54.9 Å². The maximum atomic E-state index is 3.68. The maximum absolute atomic E-state index is 3.68. The summed E-state index contributed by atoms with van der Waals surface area (Å²) in [5, 5.41) is 3.68. The number of nitrogens with zero attached hydrogens (tertiary/aromatic N) is 3. The van der Waals surface area contributed by atoms with Crippen LogP contribution in [-0.4, -0.2) is 86.7 Å². The Hall–Kier alpha value is -0.160. The van der Waals surface area contributed by atoms with Crippen LogP contribution < -0.4 is 5.32 Å². The second kappa shape index (κ2) is 16.6. The van der Waals surface area contributed by atoms with Crippen molar-refractivity contribution < 1.29 is 0 Å². The Balaban J connectivity index is 2.39. The van der Waals surface area contributed by atoms with Crippen LogP contribution in [0.5, 0.6) is 0 Å². The second-order valence-corrected chi connectivity index (χ2v) is 9.40. The van der Waals surface area contributed by atoms with Crippen molar-refractivity contribution in [2.45, 2.75) is 97.1 Å². The van der Waals surface area contributed by atoms with Gasteiger partial charge in [-0.1, -0.05) is 51.9 Å². The van der Waals surface area contributed by atoms with E-state index in [9.17, 15) is 0 Å². The third-order valence-electron chi connectivity index (χ3n) is 6.55. The number of nitrogens with one attached hydrogen (secondary N) is 1. The fraction of sp³-hybridized carbons (Fsp3) is 1.00. The number of likely N-dealkylation sites (N-methyl/N-ethyl adjacent to an activating group) is 2. The Morgan fingerprint density at radius 3 is 2.04 bits per heavy atom. The second-order valence-electron chi connectivity index (χ2n) is 9.40. The first-order valence-corrected chi connectivity index (χ1v) is 12.4. The zero-order valence-corrected chi connectivity index (χ0v) is 20.0. The molecule has 0 aromatic carbocycles. The molecule has 0 spiro atoms. The van der Waals surface area contributed by atoms with Crippen molar-refractivity contribution in [1.82, 2.24) is 20.0 Å². The third kappa shape index (κ3) is 13.1. The van der Waals surface area contributed by atoms with Crippen LogP contribution in [0.25, 0.3) is 0 Å². The highest BCUT2D eigenvalue weighted by Gasteiger charge is 2.16. The Kier molecular flexibility index (Phi) is 15.4. The highest BCUT2D eigenvalue weighted by atomic mass is 15.2. The summed E-state index contributed by atoms with van der Waals surface area (Å²) in [4.78, 5) is 7.81. The summed E-state index contributed by atoms with van der Waals surface area (Å²) in [6.45, 7) is 15.5. The van der Waals surface area contributed by atoms with Crippen molar-refractivity contribution >= 4 is 0 Å². The summed E-state index contributed by atoms with van der Waals surface area (Å²) in [7, 11) is 4.58. The summed E-state index contributed by atoms with van der Waals surface area (Å²) < 4.78 is 0. The minimum atomic E-state index is 0.617. The molecule has 1 saturated heterocycles. The highest BCUT2D eigenvalue weighted by molar-refractivity contribution is 4.73. The van der Waals surface area contributed by atoms with Gasteiger partial charge in [-0.15, -0.1) is 0 Å². The van der Waals surface area contributed by atoms with Crippen LogP contribution in [0.15, 0.2) is 0 Å². The molecule has 4 nitrogen and oxygen atoms in total. The van der Waals surface area contributed by atoms with Gasteiger partial charge in [0, 0.05) is 38.3 Å². The molecule has 0 bridgehead atoms. The molecule has 1 N–H and O–H groups in total. The molecular formula is C24H52N4. The molecule has 0 radical (unpaired) electrons. The van der Waals surface area contributed by atoms with Gasteiger partial charge >= 0.3 is 0 Å². The Labute approximate surface area is 177 Å². The van der Waals surface area contributed by atoms with Crippen LogP contribution in [0.1, 0.15) is 85.0 Å². The normalized spacial score (nSPS) is 25.6. The van der Waals surface area contributed by atoms with E-state index in [1.54, 1.807) is 0 Å². The molecular weight excluding hydrogens is 344 g/mol. The van der Waals surface area contributed by atoms with Gasteiger partial charge in [-0.05, 0) is 66.8 Å². The fourth-order valence-corrected chi connectivity index (χ4v) is 4.13. The lowest BCUT2D eigenvalue weighted by Crippen LogP contribution is -2.43. The van der Waals surface area contributed by atoms with Gasteiger partial charge in [0.25, 0.3) is 0 Å². The zero-order valence-electron chi connectivity index (χ0n) is 20.0. The average Bonchev–Trinajstić information content (AvgIpc) is 2.68. The molecule has 0 amide bonds. The van der Waals surface area contributed by atoms with Crippen molar-refractivity contribution in [2.24, 2.45) is 0 Å². The van der Waals surface area contributed by atoms with Crippen LogP contribution in [0.2, 0.25) is 0 Å². The minimum Gasteiger partial charge on any atom is -0.313 e. The summed E-state index contributed by atoms with van der Waals surface area (Å²) in [5.41, 5.74) is 0. The summed E-state index contributed by atoms with van der Waals surface area (Å²) >= 11 is 0. The van der Waals surface area contributed by atoms with Crippen LogP contribution in [0, 0.1) is 0 Å². The number of hydrogen-bond donors (Lipinski definition) is 1. The van der Waals surface area contributed by atoms with Gasteiger partial charge < -0.3 is 15.1 Å². The zero-order chi connectivity index (χ0) is 20.6. The lowest BCUT2D eigenvalue weighted by molar-refractivity contribution is 0.154. The topological polar surface area (TPSA) is 21.8 Å². The van der Waals surface area contributed by atoms with Gasteiger partial charge in [-0.25, -0.2) is 0 Å². The van der Waals surface area contributed by atoms with E-state index in [0.717, 1.165) is 13.1 Å². The monoisotopic (exact) mass is 396 g/mol. The summed E-state index contributed by atoms with van der Waals surface area (Å²) in [6.07, 6.45) is 13.8. The summed E-state index contributed by atoms with van der Waals surface area (Å²) in [5.74, 6) is 0. The van der Waals surface area contributed by atoms with Gasteiger partial charge in [0.2, 0.25) is 0 Å². The predicted molar refractivity (Wildman–Crippen MR) is 125 cm³/mol. The Morgan fingerprint density at radius 2 is 1.32 bits per heavy atom. The fourth-order valence-electron chi connectivity index (χ4n) is 4.13. The van der Waals surface area contributed by atoms with Gasteiger partial charge in [0.05, 0.1) is 0 Å². The lowest BCUT2D eigenvalue weighted by Gasteiger charge is -2.33. The molecule has 2 unspecified atom stereocenters. The summed E-state index contributed by atoms with van der Waals surface area (Å²) in [6, 6.07) is 1.31. The molecule has 168 valence electrons. The number of hydrogen-bond acceptors (Lipinski definition) is 4. The van der Waals surface area contributed by atoms with E-state index in [4.69, 9.17) is 0 Å². The maximum Gasteiger partial charge on any atom is 0.0112 e. The molecule has 1 rings (SSSR count). The van der Waals surface area contributed by atoms with E-state index in [0.29, 0.717) is 12.1 Å². The molecule has 4 heteroatoms. The van der Waals surface area contributed by atoms with Gasteiger partial charge in [0.15, 0.2) is 0 Å². The van der Waals surface area contributed by atoms with Crippen LogP contribution in [0.3, 0.4) is 0 Å². The van der Waals surface area contributed by atoms with E-state index in [1.807, 2.05) is 0 Å². The largest absolute Gasteiger partial charge is 0.313 e. The van der Waals surface area contributed by atoms with Gasteiger partial charge in [0.1, 0.15) is 0 Å². The van der Waals surface area contributed by atoms with Crippen molar-refractivity contribution in [3.8, 4) is 0 Å².